The molecule has 1 heteroatoms. The molecular formula is C10H13P. The van der Waals surface area contributed by atoms with E-state index < -0.39 is 0 Å². The van der Waals surface area contributed by atoms with Gasteiger partial charge in [0.2, 0.25) is 0 Å². The summed E-state index contributed by atoms with van der Waals surface area (Å²) in [5.74, 6) is 0. The molecule has 1 aromatic heterocycles. The topological polar surface area (TPSA) is 0 Å². The van der Waals surface area contributed by atoms with Crippen LogP contribution in [0.2, 0.25) is 0 Å². The molecule has 0 aliphatic carbocycles. The lowest BCUT2D eigenvalue weighted by Gasteiger charge is -1.91. The monoisotopic (exact) mass is 164 g/mol. The van der Waals surface area contributed by atoms with Gasteiger partial charge in [0, 0.05) is 0 Å². The van der Waals surface area contributed by atoms with Gasteiger partial charge in [-0.25, -0.2) is 0 Å². The minimum absolute atomic E-state index is 0.775. The molecule has 1 heterocycles. The van der Waals surface area contributed by atoms with Gasteiger partial charge in [0.1, 0.15) is 0 Å². The lowest BCUT2D eigenvalue weighted by Crippen LogP contribution is -1.74. The molecule has 0 amide bonds. The van der Waals surface area contributed by atoms with Crippen LogP contribution in [0.1, 0.15) is 21.7 Å². The van der Waals surface area contributed by atoms with E-state index in [4.69, 9.17) is 0 Å². The first-order valence-electron chi connectivity index (χ1n) is 3.64. The Labute approximate surface area is 69.7 Å². The van der Waals surface area contributed by atoms with Crippen molar-refractivity contribution in [1.82, 2.24) is 0 Å². The average Bonchev–Trinajstić information content (AvgIpc) is 2.30. The maximum absolute atomic E-state index is 3.78. The van der Waals surface area contributed by atoms with Crippen LogP contribution in [-0.4, -0.2) is 0 Å². The van der Waals surface area contributed by atoms with Gasteiger partial charge in [0.15, 0.2) is 0 Å². The SMILES string of the molecule is C=Cc1[pH]c(C=C)c(C)c1C. The van der Waals surface area contributed by atoms with E-state index in [0.717, 1.165) is 8.19 Å². The van der Waals surface area contributed by atoms with Crippen LogP contribution < -0.4 is 0 Å². The summed E-state index contributed by atoms with van der Waals surface area (Å²) in [4.78, 5) is 0. The molecule has 0 saturated heterocycles. The second-order valence-corrected chi connectivity index (χ2v) is 3.94. The van der Waals surface area contributed by atoms with Crippen molar-refractivity contribution in [2.45, 2.75) is 13.8 Å². The highest BCUT2D eigenvalue weighted by molar-refractivity contribution is 7.33. The predicted molar refractivity (Wildman–Crippen MR) is 55.6 cm³/mol. The molecule has 1 aromatic rings. The molecular weight excluding hydrogens is 151 g/mol. The summed E-state index contributed by atoms with van der Waals surface area (Å²) < 4.78 is 0. The highest BCUT2D eigenvalue weighted by Crippen LogP contribution is 2.33. The van der Waals surface area contributed by atoms with Crippen LogP contribution in [0.4, 0.5) is 0 Å². The van der Waals surface area contributed by atoms with Gasteiger partial charge in [0.25, 0.3) is 0 Å². The first-order valence-corrected chi connectivity index (χ1v) is 4.64. The minimum Gasteiger partial charge on any atom is -0.124 e. The zero-order valence-electron chi connectivity index (χ0n) is 7.07. The van der Waals surface area contributed by atoms with Crippen molar-refractivity contribution in [3.05, 3.63) is 34.9 Å². The zero-order chi connectivity index (χ0) is 8.43. The van der Waals surface area contributed by atoms with E-state index in [-0.39, 0.29) is 0 Å². The fourth-order valence-electron chi connectivity index (χ4n) is 1.14. The molecule has 0 bridgehead atoms. The van der Waals surface area contributed by atoms with Crippen molar-refractivity contribution in [2.75, 3.05) is 0 Å². The fraction of sp³-hybridized carbons (Fsp3) is 0.200. The van der Waals surface area contributed by atoms with Crippen molar-refractivity contribution in [2.24, 2.45) is 0 Å². The summed E-state index contributed by atoms with van der Waals surface area (Å²) in [6.45, 7) is 11.9. The van der Waals surface area contributed by atoms with Gasteiger partial charge >= 0.3 is 0 Å². The van der Waals surface area contributed by atoms with E-state index in [2.05, 4.69) is 27.0 Å². The fourth-order valence-corrected chi connectivity index (χ4v) is 2.39. The third-order valence-corrected chi connectivity index (χ3v) is 3.75. The maximum Gasteiger partial charge on any atom is -0.00586 e. The van der Waals surface area contributed by atoms with E-state index >= 15 is 0 Å². The average molecular weight is 164 g/mol. The lowest BCUT2D eigenvalue weighted by molar-refractivity contribution is 1.39. The smallest absolute Gasteiger partial charge is 0.00586 e. The Hall–Kier alpha value is -0.740. The normalized spacial score (nSPS) is 9.64. The Morgan fingerprint density at radius 1 is 1.00 bits per heavy atom. The molecule has 0 unspecified atom stereocenters. The molecule has 0 nitrogen and oxygen atoms in total. The molecule has 0 aliphatic heterocycles. The van der Waals surface area contributed by atoms with E-state index in [1.54, 1.807) is 0 Å². The first kappa shape index (κ1) is 8.36. The molecule has 0 saturated carbocycles. The molecule has 11 heavy (non-hydrogen) atoms. The van der Waals surface area contributed by atoms with Crippen molar-refractivity contribution in [1.29, 1.82) is 0 Å². The van der Waals surface area contributed by atoms with Crippen LogP contribution in [-0.2, 0) is 0 Å². The van der Waals surface area contributed by atoms with Crippen LogP contribution in [0.3, 0.4) is 0 Å². The predicted octanol–water partition coefficient (Wildman–Crippen LogP) is 3.62. The van der Waals surface area contributed by atoms with Crippen LogP contribution in [0.15, 0.2) is 13.2 Å². The third-order valence-electron chi connectivity index (χ3n) is 2.05. The van der Waals surface area contributed by atoms with Crippen molar-refractivity contribution in [3.63, 3.8) is 0 Å². The van der Waals surface area contributed by atoms with E-state index in [9.17, 15) is 0 Å². The Balaban J connectivity index is 3.33. The lowest BCUT2D eigenvalue weighted by atomic mass is 10.1. The van der Waals surface area contributed by atoms with Gasteiger partial charge in [-0.3, -0.25) is 0 Å². The second-order valence-electron chi connectivity index (χ2n) is 2.61. The maximum atomic E-state index is 3.78. The number of rotatable bonds is 2. The molecule has 58 valence electrons. The van der Waals surface area contributed by atoms with Crippen LogP contribution >= 0.6 is 8.19 Å². The third kappa shape index (κ3) is 1.32. The highest BCUT2D eigenvalue weighted by atomic mass is 31.0. The summed E-state index contributed by atoms with van der Waals surface area (Å²) in [5, 5.41) is 2.75. The summed E-state index contributed by atoms with van der Waals surface area (Å²) in [5.41, 5.74) is 2.77. The Kier molecular flexibility index (Phi) is 2.36. The van der Waals surface area contributed by atoms with Gasteiger partial charge in [-0.05, 0) is 35.6 Å². The number of hydrogen-bond donors (Lipinski definition) is 0. The summed E-state index contributed by atoms with van der Waals surface area (Å²) in [6, 6.07) is 0. The number of hydrogen-bond acceptors (Lipinski definition) is 0. The standard InChI is InChI=1S/C10H13P/c1-5-9-7(3)8(4)10(6-2)11-9/h5-6,11H,1-2H2,3-4H3. The van der Waals surface area contributed by atoms with Gasteiger partial charge < -0.3 is 0 Å². The zero-order valence-corrected chi connectivity index (χ0v) is 8.07. The van der Waals surface area contributed by atoms with Gasteiger partial charge in [-0.1, -0.05) is 25.3 Å². The Morgan fingerprint density at radius 3 is 1.55 bits per heavy atom. The quantitative estimate of drug-likeness (QED) is 0.626. The molecule has 0 fully saturated rings. The Morgan fingerprint density at radius 2 is 1.36 bits per heavy atom. The largest absolute Gasteiger partial charge is 0.124 e. The molecule has 0 aromatic carbocycles. The molecule has 1 rings (SSSR count). The highest BCUT2D eigenvalue weighted by Gasteiger charge is 2.03. The van der Waals surface area contributed by atoms with Gasteiger partial charge in [-0.2, -0.15) is 0 Å². The molecule has 0 spiro atoms. The van der Waals surface area contributed by atoms with E-state index in [0.29, 0.717) is 0 Å². The summed E-state index contributed by atoms with van der Waals surface area (Å²) in [6.07, 6.45) is 3.90. The molecule has 0 atom stereocenters. The van der Waals surface area contributed by atoms with Crippen LogP contribution in [0.5, 0.6) is 0 Å². The van der Waals surface area contributed by atoms with Gasteiger partial charge in [-0.15, -0.1) is 8.19 Å². The second kappa shape index (κ2) is 3.11. The van der Waals surface area contributed by atoms with Crippen molar-refractivity contribution >= 4 is 20.3 Å². The molecule has 0 radical (unpaired) electrons. The minimum atomic E-state index is 0.775. The molecule has 0 aliphatic rings. The first-order chi connectivity index (χ1) is 5.20. The van der Waals surface area contributed by atoms with Crippen LogP contribution in [0.25, 0.3) is 12.2 Å². The van der Waals surface area contributed by atoms with Crippen molar-refractivity contribution in [3.8, 4) is 0 Å². The van der Waals surface area contributed by atoms with E-state index in [1.165, 1.54) is 21.7 Å². The summed E-state index contributed by atoms with van der Waals surface area (Å²) >= 11 is 0. The van der Waals surface area contributed by atoms with Crippen molar-refractivity contribution < 1.29 is 0 Å². The van der Waals surface area contributed by atoms with E-state index in [1.807, 2.05) is 12.2 Å². The Bertz CT molecular complexity index is 264. The summed E-state index contributed by atoms with van der Waals surface area (Å²) in [7, 11) is 0.775. The van der Waals surface area contributed by atoms with Gasteiger partial charge in [0.05, 0.1) is 0 Å². The van der Waals surface area contributed by atoms with Crippen LogP contribution in [0, 0.1) is 13.8 Å². The molecule has 0 N–H and O–H groups in total.